The molecular weight excluding hydrogens is 318 g/mol. The van der Waals surface area contributed by atoms with Crippen LogP contribution in [0, 0.1) is 20.8 Å². The van der Waals surface area contributed by atoms with Crippen LogP contribution in [0.3, 0.4) is 0 Å². The zero-order chi connectivity index (χ0) is 18.3. The van der Waals surface area contributed by atoms with Gasteiger partial charge in [0.1, 0.15) is 5.57 Å². The van der Waals surface area contributed by atoms with Crippen LogP contribution in [0.4, 0.5) is 10.5 Å². The fourth-order valence-electron chi connectivity index (χ4n) is 3.16. The van der Waals surface area contributed by atoms with E-state index in [2.05, 4.69) is 5.32 Å². The maximum atomic E-state index is 12.9. The van der Waals surface area contributed by atoms with E-state index in [-0.39, 0.29) is 5.57 Å². The highest BCUT2D eigenvalue weighted by molar-refractivity contribution is 6.39. The van der Waals surface area contributed by atoms with Crippen LogP contribution in [-0.2, 0) is 16.6 Å². The van der Waals surface area contributed by atoms with Gasteiger partial charge in [-0.25, -0.2) is 9.69 Å². The lowest BCUT2D eigenvalue weighted by atomic mass is 10.0. The molecule has 0 bridgehead atoms. The van der Waals surface area contributed by atoms with Gasteiger partial charge in [0.25, 0.3) is 11.8 Å². The van der Waals surface area contributed by atoms with Gasteiger partial charge in [0.2, 0.25) is 0 Å². The average molecular weight is 337 g/mol. The van der Waals surface area contributed by atoms with Crippen molar-refractivity contribution in [2.75, 3.05) is 4.90 Å². The molecule has 1 N–H and O–H groups in total. The Hall–Kier alpha value is -3.15. The van der Waals surface area contributed by atoms with Crippen LogP contribution >= 0.6 is 0 Å². The molecule has 0 spiro atoms. The molecule has 0 unspecified atom stereocenters. The van der Waals surface area contributed by atoms with Crippen LogP contribution < -0.4 is 10.2 Å². The second kappa shape index (κ2) is 6.05. The normalized spacial score (nSPS) is 16.6. The number of anilines is 1. The maximum absolute atomic E-state index is 12.9. The van der Waals surface area contributed by atoms with Gasteiger partial charge < -0.3 is 4.57 Å². The monoisotopic (exact) mass is 337 g/mol. The Kier molecular flexibility index (Phi) is 4.04. The summed E-state index contributed by atoms with van der Waals surface area (Å²) in [7, 11) is 1.81. The number of hydrogen-bond acceptors (Lipinski definition) is 3. The molecule has 1 aliphatic heterocycles. The first-order valence-electron chi connectivity index (χ1n) is 7.90. The Morgan fingerprint density at radius 2 is 1.68 bits per heavy atom. The molecule has 1 aromatic heterocycles. The molecule has 4 amide bonds. The molecule has 0 radical (unpaired) electrons. The van der Waals surface area contributed by atoms with E-state index in [4.69, 9.17) is 0 Å². The number of hydrogen-bond donors (Lipinski definition) is 1. The number of carbonyl (C=O) groups is 3. The summed E-state index contributed by atoms with van der Waals surface area (Å²) in [6.07, 6.45) is 3.31. The fourth-order valence-corrected chi connectivity index (χ4v) is 3.16. The minimum absolute atomic E-state index is 0.0687. The van der Waals surface area contributed by atoms with Gasteiger partial charge in [0, 0.05) is 18.9 Å². The molecule has 2 aromatic rings. The molecule has 1 fully saturated rings. The van der Waals surface area contributed by atoms with Gasteiger partial charge in [0.15, 0.2) is 0 Å². The predicted octanol–water partition coefficient (Wildman–Crippen LogP) is 2.62. The minimum atomic E-state index is -0.728. The molecule has 6 heteroatoms. The third-order valence-electron chi connectivity index (χ3n) is 4.24. The molecule has 2 heterocycles. The third-order valence-corrected chi connectivity index (χ3v) is 4.24. The van der Waals surface area contributed by atoms with Gasteiger partial charge in [-0.2, -0.15) is 0 Å². The average Bonchev–Trinajstić information content (AvgIpc) is 2.91. The molecule has 6 nitrogen and oxygen atoms in total. The van der Waals surface area contributed by atoms with Gasteiger partial charge in [-0.3, -0.25) is 14.9 Å². The van der Waals surface area contributed by atoms with Crippen molar-refractivity contribution in [2.24, 2.45) is 7.05 Å². The second-order valence-electron chi connectivity index (χ2n) is 6.25. The Morgan fingerprint density at radius 3 is 2.24 bits per heavy atom. The Morgan fingerprint density at radius 1 is 1.04 bits per heavy atom. The molecule has 3 rings (SSSR count). The van der Waals surface area contributed by atoms with Gasteiger partial charge >= 0.3 is 6.03 Å². The van der Waals surface area contributed by atoms with E-state index in [1.165, 1.54) is 6.08 Å². The number of amides is 4. The van der Waals surface area contributed by atoms with E-state index < -0.39 is 17.8 Å². The lowest BCUT2D eigenvalue weighted by Crippen LogP contribution is -2.54. The number of carbonyl (C=O) groups excluding carboxylic acids is 3. The van der Waals surface area contributed by atoms with E-state index in [0.29, 0.717) is 11.4 Å². The number of nitrogens with zero attached hydrogens (tertiary/aromatic N) is 2. The number of aryl methyl sites for hydroxylation is 4. The highest BCUT2D eigenvalue weighted by Gasteiger charge is 2.38. The number of rotatable bonds is 2. The van der Waals surface area contributed by atoms with Gasteiger partial charge in [-0.1, -0.05) is 17.7 Å². The molecule has 25 heavy (non-hydrogen) atoms. The van der Waals surface area contributed by atoms with E-state index in [1.807, 2.05) is 52.2 Å². The topological polar surface area (TPSA) is 71.4 Å². The summed E-state index contributed by atoms with van der Waals surface area (Å²) >= 11 is 0. The number of nitrogens with one attached hydrogen (secondary N) is 1. The van der Waals surface area contributed by atoms with Gasteiger partial charge in [0.05, 0.1) is 5.69 Å². The second-order valence-corrected chi connectivity index (χ2v) is 6.25. The molecular formula is C19H19N3O3. The predicted molar refractivity (Wildman–Crippen MR) is 95.1 cm³/mol. The Labute approximate surface area is 145 Å². The number of urea groups is 1. The quantitative estimate of drug-likeness (QED) is 0.676. The van der Waals surface area contributed by atoms with Crippen LogP contribution in [-0.4, -0.2) is 22.4 Å². The van der Waals surface area contributed by atoms with Crippen LogP contribution in [0.1, 0.15) is 22.4 Å². The van der Waals surface area contributed by atoms with Crippen molar-refractivity contribution in [3.63, 3.8) is 0 Å². The Bertz CT molecular complexity index is 914. The Balaban J connectivity index is 2.11. The van der Waals surface area contributed by atoms with Crippen molar-refractivity contribution >= 4 is 29.6 Å². The SMILES string of the molecule is Cc1cc(C)c(N2C(=O)NC(=O)C(=Cc3cccn3C)C2=O)c(C)c1. The zero-order valence-electron chi connectivity index (χ0n) is 14.6. The van der Waals surface area contributed by atoms with E-state index >= 15 is 0 Å². The van der Waals surface area contributed by atoms with Crippen molar-refractivity contribution in [3.8, 4) is 0 Å². The lowest BCUT2D eigenvalue weighted by Gasteiger charge is -2.29. The summed E-state index contributed by atoms with van der Waals surface area (Å²) in [4.78, 5) is 38.5. The third kappa shape index (κ3) is 2.87. The van der Waals surface area contributed by atoms with Crippen molar-refractivity contribution in [1.29, 1.82) is 0 Å². The molecule has 1 aliphatic rings. The molecule has 0 aliphatic carbocycles. The molecule has 1 saturated heterocycles. The van der Waals surface area contributed by atoms with E-state index in [0.717, 1.165) is 21.6 Å². The van der Waals surface area contributed by atoms with Gasteiger partial charge in [-0.05, 0) is 50.1 Å². The smallest absolute Gasteiger partial charge is 0.335 e. The van der Waals surface area contributed by atoms with Crippen molar-refractivity contribution in [2.45, 2.75) is 20.8 Å². The summed E-state index contributed by atoms with van der Waals surface area (Å²) in [5, 5.41) is 2.26. The van der Waals surface area contributed by atoms with Crippen LogP contribution in [0.5, 0.6) is 0 Å². The number of barbiturate groups is 1. The summed E-state index contributed by atoms with van der Waals surface area (Å²) in [5.41, 5.74) is 3.78. The van der Waals surface area contributed by atoms with Crippen molar-refractivity contribution in [1.82, 2.24) is 9.88 Å². The lowest BCUT2D eigenvalue weighted by molar-refractivity contribution is -0.122. The van der Waals surface area contributed by atoms with Crippen molar-refractivity contribution < 1.29 is 14.4 Å². The van der Waals surface area contributed by atoms with Crippen molar-refractivity contribution in [3.05, 3.63) is 58.4 Å². The first kappa shape index (κ1) is 16.7. The maximum Gasteiger partial charge on any atom is 0.335 e. The van der Waals surface area contributed by atoms with Crippen LogP contribution in [0.15, 0.2) is 36.0 Å². The zero-order valence-corrected chi connectivity index (χ0v) is 14.6. The minimum Gasteiger partial charge on any atom is -0.351 e. The summed E-state index contributed by atoms with van der Waals surface area (Å²) < 4.78 is 1.79. The summed E-state index contributed by atoms with van der Waals surface area (Å²) in [6.45, 7) is 5.63. The van der Waals surface area contributed by atoms with Crippen LogP contribution in [0.25, 0.3) is 6.08 Å². The first-order valence-corrected chi connectivity index (χ1v) is 7.90. The highest BCUT2D eigenvalue weighted by atomic mass is 16.2. The largest absolute Gasteiger partial charge is 0.351 e. The van der Waals surface area contributed by atoms with E-state index in [1.54, 1.807) is 10.6 Å². The number of aromatic nitrogens is 1. The first-order chi connectivity index (χ1) is 11.8. The summed E-state index contributed by atoms with van der Waals surface area (Å²) in [6, 6.07) is 6.68. The van der Waals surface area contributed by atoms with E-state index in [9.17, 15) is 14.4 Å². The number of benzene rings is 1. The summed E-state index contributed by atoms with van der Waals surface area (Å²) in [5.74, 6) is -1.31. The van der Waals surface area contributed by atoms with Gasteiger partial charge in [-0.15, -0.1) is 0 Å². The molecule has 1 aromatic carbocycles. The fraction of sp³-hybridized carbons (Fsp3) is 0.211. The standard InChI is InChI=1S/C19H19N3O3/c1-11-8-12(2)16(13(3)9-11)22-18(24)15(17(23)20-19(22)25)10-14-6-5-7-21(14)4/h5-10H,1-4H3,(H,20,23,25). The number of imide groups is 2. The highest BCUT2D eigenvalue weighted by Crippen LogP contribution is 2.29. The molecule has 0 saturated carbocycles. The van der Waals surface area contributed by atoms with Crippen LogP contribution in [0.2, 0.25) is 0 Å². The molecule has 0 atom stereocenters. The molecule has 128 valence electrons.